The van der Waals surface area contributed by atoms with E-state index < -0.39 is 0 Å². The van der Waals surface area contributed by atoms with Gasteiger partial charge in [-0.15, -0.1) is 11.3 Å². The maximum atomic E-state index is 12.3. The summed E-state index contributed by atoms with van der Waals surface area (Å²) in [7, 11) is 0. The Morgan fingerprint density at radius 3 is 2.96 bits per heavy atom. The number of amides is 1. The zero-order chi connectivity index (χ0) is 17.1. The number of anilines is 1. The highest BCUT2D eigenvalue weighted by atomic mass is 35.5. The molecule has 3 rings (SSSR count). The van der Waals surface area contributed by atoms with Crippen LogP contribution >= 0.6 is 34.5 Å². The third-order valence-corrected chi connectivity index (χ3v) is 5.89. The van der Waals surface area contributed by atoms with Gasteiger partial charge in [-0.05, 0) is 44.5 Å². The van der Waals surface area contributed by atoms with Crippen LogP contribution in [0.15, 0.2) is 24.4 Å². The van der Waals surface area contributed by atoms with Gasteiger partial charge in [0.1, 0.15) is 0 Å². The van der Waals surface area contributed by atoms with Crippen LogP contribution < -0.4 is 5.32 Å². The molecule has 1 saturated heterocycles. The van der Waals surface area contributed by atoms with Crippen molar-refractivity contribution in [2.75, 3.05) is 11.9 Å². The Balaban J connectivity index is 1.62. The lowest BCUT2D eigenvalue weighted by Crippen LogP contribution is -2.36. The van der Waals surface area contributed by atoms with Crippen LogP contribution in [0.5, 0.6) is 0 Å². The zero-order valence-corrected chi connectivity index (χ0v) is 15.7. The number of nitrogens with one attached hydrogen (secondary N) is 1. The SMILES string of the molecule is CC1CCCCN1Cc1cnc(NC(=O)c2ccc(Cl)c(Cl)c2)s1. The largest absolute Gasteiger partial charge is 0.298 e. The lowest BCUT2D eigenvalue weighted by molar-refractivity contribution is 0.102. The van der Waals surface area contributed by atoms with E-state index >= 15 is 0 Å². The molecule has 4 nitrogen and oxygen atoms in total. The second-order valence-corrected chi connectivity index (χ2v) is 7.96. The second-order valence-electron chi connectivity index (χ2n) is 6.03. The molecule has 1 aromatic carbocycles. The molecule has 128 valence electrons. The Morgan fingerprint density at radius 2 is 2.21 bits per heavy atom. The number of nitrogens with zero attached hydrogens (tertiary/aromatic N) is 2. The molecule has 2 heterocycles. The van der Waals surface area contributed by atoms with E-state index in [-0.39, 0.29) is 5.91 Å². The van der Waals surface area contributed by atoms with Crippen molar-refractivity contribution >= 4 is 45.6 Å². The molecule has 1 unspecified atom stereocenters. The molecule has 0 saturated carbocycles. The normalized spacial score (nSPS) is 18.5. The number of thiazole rings is 1. The quantitative estimate of drug-likeness (QED) is 0.800. The number of likely N-dealkylation sites (tertiary alicyclic amines) is 1. The van der Waals surface area contributed by atoms with Crippen LogP contribution in [0, 0.1) is 0 Å². The molecule has 1 atom stereocenters. The number of carbonyl (C=O) groups is 1. The summed E-state index contributed by atoms with van der Waals surface area (Å²) >= 11 is 13.3. The Labute approximate surface area is 155 Å². The van der Waals surface area contributed by atoms with Crippen molar-refractivity contribution in [1.29, 1.82) is 0 Å². The van der Waals surface area contributed by atoms with Crippen molar-refractivity contribution < 1.29 is 4.79 Å². The molecule has 24 heavy (non-hydrogen) atoms. The van der Waals surface area contributed by atoms with Crippen LogP contribution in [0.1, 0.15) is 41.4 Å². The fourth-order valence-corrected chi connectivity index (χ4v) is 3.97. The molecule has 1 aliphatic rings. The summed E-state index contributed by atoms with van der Waals surface area (Å²) in [6.45, 7) is 4.29. The van der Waals surface area contributed by atoms with Gasteiger partial charge in [0.25, 0.3) is 5.91 Å². The van der Waals surface area contributed by atoms with Crippen molar-refractivity contribution in [2.45, 2.75) is 38.8 Å². The maximum Gasteiger partial charge on any atom is 0.257 e. The summed E-state index contributed by atoms with van der Waals surface area (Å²) in [5.74, 6) is -0.235. The molecule has 1 fully saturated rings. The van der Waals surface area contributed by atoms with Crippen LogP contribution in [0.25, 0.3) is 0 Å². The topological polar surface area (TPSA) is 45.2 Å². The number of aromatic nitrogens is 1. The van der Waals surface area contributed by atoms with Gasteiger partial charge in [0.15, 0.2) is 5.13 Å². The highest BCUT2D eigenvalue weighted by Crippen LogP contribution is 2.26. The van der Waals surface area contributed by atoms with Gasteiger partial charge >= 0.3 is 0 Å². The first kappa shape index (κ1) is 17.7. The van der Waals surface area contributed by atoms with E-state index in [2.05, 4.69) is 22.1 Å². The molecule has 7 heteroatoms. The monoisotopic (exact) mass is 383 g/mol. The second kappa shape index (κ2) is 7.83. The number of hydrogen-bond acceptors (Lipinski definition) is 4. The highest BCUT2D eigenvalue weighted by molar-refractivity contribution is 7.15. The van der Waals surface area contributed by atoms with E-state index in [0.29, 0.717) is 26.8 Å². The molecule has 0 bridgehead atoms. The first-order valence-corrected chi connectivity index (χ1v) is 9.55. The van der Waals surface area contributed by atoms with Gasteiger partial charge in [0.05, 0.1) is 10.0 Å². The lowest BCUT2D eigenvalue weighted by Gasteiger charge is -2.32. The van der Waals surface area contributed by atoms with E-state index in [1.54, 1.807) is 18.2 Å². The summed E-state index contributed by atoms with van der Waals surface area (Å²) < 4.78 is 0. The van der Waals surface area contributed by atoms with E-state index in [0.717, 1.165) is 18.0 Å². The minimum atomic E-state index is -0.235. The summed E-state index contributed by atoms with van der Waals surface area (Å²) in [5, 5.41) is 4.22. The molecule has 0 radical (unpaired) electrons. The predicted molar refractivity (Wildman–Crippen MR) is 100 cm³/mol. The average Bonchev–Trinajstić information content (AvgIpc) is 2.99. The van der Waals surface area contributed by atoms with Crippen molar-refractivity contribution in [2.24, 2.45) is 0 Å². The van der Waals surface area contributed by atoms with Crippen LogP contribution in [0.4, 0.5) is 5.13 Å². The first-order valence-electron chi connectivity index (χ1n) is 7.98. The van der Waals surface area contributed by atoms with Crippen molar-refractivity contribution in [3.63, 3.8) is 0 Å². The molecule has 1 N–H and O–H groups in total. The van der Waals surface area contributed by atoms with Crippen molar-refractivity contribution in [1.82, 2.24) is 9.88 Å². The molecular formula is C17H19Cl2N3OS. The molecule has 1 aromatic heterocycles. The Morgan fingerprint density at radius 1 is 1.38 bits per heavy atom. The van der Waals surface area contributed by atoms with Gasteiger partial charge in [0, 0.05) is 29.2 Å². The smallest absolute Gasteiger partial charge is 0.257 e. The third-order valence-electron chi connectivity index (χ3n) is 4.26. The molecule has 0 aliphatic carbocycles. The third kappa shape index (κ3) is 4.28. The predicted octanol–water partition coefficient (Wildman–Crippen LogP) is 5.08. The van der Waals surface area contributed by atoms with Crippen LogP contribution in [-0.2, 0) is 6.54 Å². The molecule has 1 amide bonds. The highest BCUT2D eigenvalue weighted by Gasteiger charge is 2.19. The maximum absolute atomic E-state index is 12.3. The van der Waals surface area contributed by atoms with Gasteiger partial charge in [0.2, 0.25) is 0 Å². The number of piperidine rings is 1. The summed E-state index contributed by atoms with van der Waals surface area (Å²) in [5.41, 5.74) is 0.464. The minimum Gasteiger partial charge on any atom is -0.298 e. The number of halogens is 2. The standard InChI is InChI=1S/C17H19Cl2N3OS/c1-11-4-2-3-7-22(11)10-13-9-20-17(24-13)21-16(23)12-5-6-14(18)15(19)8-12/h5-6,8-9,11H,2-4,7,10H2,1H3,(H,20,21,23). The fraction of sp³-hybridized carbons (Fsp3) is 0.412. The summed E-state index contributed by atoms with van der Waals surface area (Å²) in [6, 6.07) is 5.43. The first-order chi connectivity index (χ1) is 11.5. The Bertz CT molecular complexity index is 734. The van der Waals surface area contributed by atoms with Gasteiger partial charge in [-0.2, -0.15) is 0 Å². The van der Waals surface area contributed by atoms with E-state index in [4.69, 9.17) is 23.2 Å². The number of carbonyl (C=O) groups excluding carboxylic acids is 1. The van der Waals surface area contributed by atoms with Crippen molar-refractivity contribution in [3.8, 4) is 0 Å². The molecule has 2 aromatic rings. The van der Waals surface area contributed by atoms with E-state index in [9.17, 15) is 4.79 Å². The van der Waals surface area contributed by atoms with E-state index in [1.807, 2.05) is 6.20 Å². The van der Waals surface area contributed by atoms with Gasteiger partial charge < -0.3 is 0 Å². The Hall–Kier alpha value is -1.14. The van der Waals surface area contributed by atoms with Gasteiger partial charge in [-0.25, -0.2) is 4.98 Å². The minimum absolute atomic E-state index is 0.235. The van der Waals surface area contributed by atoms with Crippen molar-refractivity contribution in [3.05, 3.63) is 44.9 Å². The molecule has 1 aliphatic heterocycles. The number of hydrogen-bond donors (Lipinski definition) is 1. The summed E-state index contributed by atoms with van der Waals surface area (Å²) in [6.07, 6.45) is 5.66. The van der Waals surface area contributed by atoms with Gasteiger partial charge in [-0.1, -0.05) is 29.6 Å². The lowest BCUT2D eigenvalue weighted by atomic mass is 10.0. The summed E-state index contributed by atoms with van der Waals surface area (Å²) in [4.78, 5) is 20.2. The van der Waals surface area contributed by atoms with Crippen LogP contribution in [0.3, 0.4) is 0 Å². The fourth-order valence-electron chi connectivity index (χ4n) is 2.84. The van der Waals surface area contributed by atoms with Crippen LogP contribution in [0.2, 0.25) is 10.0 Å². The Kier molecular flexibility index (Phi) is 5.76. The zero-order valence-electron chi connectivity index (χ0n) is 13.4. The van der Waals surface area contributed by atoms with Crippen LogP contribution in [-0.4, -0.2) is 28.4 Å². The number of benzene rings is 1. The van der Waals surface area contributed by atoms with Gasteiger partial charge in [-0.3, -0.25) is 15.0 Å². The average molecular weight is 384 g/mol. The molecule has 0 spiro atoms. The van der Waals surface area contributed by atoms with E-state index in [1.165, 1.54) is 30.6 Å². The number of rotatable bonds is 4. The molecular weight excluding hydrogens is 365 g/mol.